The van der Waals surface area contributed by atoms with Crippen molar-refractivity contribution in [1.82, 2.24) is 10.2 Å². The predicted molar refractivity (Wildman–Crippen MR) is 80.4 cm³/mol. The molecule has 2 aliphatic heterocycles. The summed E-state index contributed by atoms with van der Waals surface area (Å²) in [6, 6.07) is 0. The topological polar surface area (TPSA) is 24.5 Å². The summed E-state index contributed by atoms with van der Waals surface area (Å²) in [7, 11) is 2.06. The van der Waals surface area contributed by atoms with Crippen molar-refractivity contribution >= 4 is 0 Å². The van der Waals surface area contributed by atoms with E-state index < -0.39 is 0 Å². The van der Waals surface area contributed by atoms with Gasteiger partial charge in [0.15, 0.2) is 0 Å². The molecule has 19 heavy (non-hydrogen) atoms. The van der Waals surface area contributed by atoms with Gasteiger partial charge in [0.2, 0.25) is 0 Å². The average Bonchev–Trinajstić information content (AvgIpc) is 2.77. The lowest BCUT2D eigenvalue weighted by Gasteiger charge is -2.42. The standard InChI is InChI=1S/C16H32N2O/c1-15(2,3)14-5-8-18(9-6-14)12-16(11-17-4)7-10-19-13-16/h14,17H,5-13H2,1-4H3. The summed E-state index contributed by atoms with van der Waals surface area (Å²) in [5.74, 6) is 0.892. The highest BCUT2D eigenvalue weighted by Crippen LogP contribution is 2.36. The fourth-order valence-corrected chi connectivity index (χ4v) is 3.78. The van der Waals surface area contributed by atoms with Crippen LogP contribution in [0.1, 0.15) is 40.0 Å². The third kappa shape index (κ3) is 3.93. The van der Waals surface area contributed by atoms with Crippen LogP contribution in [0.15, 0.2) is 0 Å². The second-order valence-electron chi connectivity index (χ2n) is 7.75. The van der Waals surface area contributed by atoms with Crippen LogP contribution in [-0.4, -0.2) is 51.3 Å². The first kappa shape index (κ1) is 15.3. The lowest BCUT2D eigenvalue weighted by atomic mass is 9.75. The molecule has 1 N–H and O–H groups in total. The Bertz CT molecular complexity index is 271. The van der Waals surface area contributed by atoms with Crippen molar-refractivity contribution in [3.63, 3.8) is 0 Å². The first-order chi connectivity index (χ1) is 8.95. The van der Waals surface area contributed by atoms with E-state index in [9.17, 15) is 0 Å². The van der Waals surface area contributed by atoms with E-state index in [1.54, 1.807) is 0 Å². The zero-order valence-electron chi connectivity index (χ0n) is 13.3. The van der Waals surface area contributed by atoms with Crippen molar-refractivity contribution in [2.75, 3.05) is 46.4 Å². The normalized spacial score (nSPS) is 30.9. The fraction of sp³-hybridized carbons (Fsp3) is 1.00. The number of piperidine rings is 1. The van der Waals surface area contributed by atoms with Crippen molar-refractivity contribution in [3.8, 4) is 0 Å². The molecule has 0 saturated carbocycles. The molecule has 2 fully saturated rings. The minimum absolute atomic E-state index is 0.364. The van der Waals surface area contributed by atoms with Crippen LogP contribution < -0.4 is 5.32 Å². The highest BCUT2D eigenvalue weighted by molar-refractivity contribution is 4.90. The van der Waals surface area contributed by atoms with E-state index in [4.69, 9.17) is 4.74 Å². The Hall–Kier alpha value is -0.120. The first-order valence-electron chi connectivity index (χ1n) is 7.90. The molecule has 112 valence electrons. The van der Waals surface area contributed by atoms with Crippen LogP contribution in [0.25, 0.3) is 0 Å². The Morgan fingerprint density at radius 3 is 2.42 bits per heavy atom. The Morgan fingerprint density at radius 1 is 1.26 bits per heavy atom. The summed E-state index contributed by atoms with van der Waals surface area (Å²) in [5, 5.41) is 3.37. The van der Waals surface area contributed by atoms with Gasteiger partial charge in [0.1, 0.15) is 0 Å². The predicted octanol–water partition coefficient (Wildman–Crippen LogP) is 2.37. The van der Waals surface area contributed by atoms with Gasteiger partial charge >= 0.3 is 0 Å². The van der Waals surface area contributed by atoms with E-state index in [-0.39, 0.29) is 0 Å². The molecule has 0 radical (unpaired) electrons. The summed E-state index contributed by atoms with van der Waals surface area (Å²) in [4.78, 5) is 2.67. The molecular weight excluding hydrogens is 236 g/mol. The first-order valence-corrected chi connectivity index (χ1v) is 7.90. The van der Waals surface area contributed by atoms with Crippen LogP contribution >= 0.6 is 0 Å². The van der Waals surface area contributed by atoms with E-state index >= 15 is 0 Å². The Balaban J connectivity index is 1.84. The van der Waals surface area contributed by atoms with Gasteiger partial charge in [-0.05, 0) is 50.7 Å². The molecule has 0 aromatic carbocycles. The maximum Gasteiger partial charge on any atom is 0.0547 e. The van der Waals surface area contributed by atoms with Gasteiger partial charge in [-0.15, -0.1) is 0 Å². The summed E-state index contributed by atoms with van der Waals surface area (Å²) < 4.78 is 5.66. The number of nitrogens with zero attached hydrogens (tertiary/aromatic N) is 1. The van der Waals surface area contributed by atoms with E-state index in [0.29, 0.717) is 10.8 Å². The van der Waals surface area contributed by atoms with Crippen LogP contribution in [0.5, 0.6) is 0 Å². The van der Waals surface area contributed by atoms with E-state index in [2.05, 4.69) is 38.0 Å². The number of hydrogen-bond donors (Lipinski definition) is 1. The van der Waals surface area contributed by atoms with Crippen LogP contribution in [0.2, 0.25) is 0 Å². The smallest absolute Gasteiger partial charge is 0.0547 e. The lowest BCUT2D eigenvalue weighted by Crippen LogP contribution is -2.47. The molecule has 2 saturated heterocycles. The maximum atomic E-state index is 5.66. The van der Waals surface area contributed by atoms with Crippen molar-refractivity contribution in [1.29, 1.82) is 0 Å². The van der Waals surface area contributed by atoms with Crippen molar-refractivity contribution in [2.24, 2.45) is 16.7 Å². The van der Waals surface area contributed by atoms with Gasteiger partial charge in [-0.1, -0.05) is 20.8 Å². The highest BCUT2D eigenvalue weighted by atomic mass is 16.5. The van der Waals surface area contributed by atoms with Crippen molar-refractivity contribution < 1.29 is 4.74 Å². The summed E-state index contributed by atoms with van der Waals surface area (Å²) in [6.07, 6.45) is 3.94. The average molecular weight is 268 g/mol. The molecule has 2 aliphatic rings. The molecule has 3 heteroatoms. The molecule has 2 rings (SSSR count). The molecule has 1 atom stereocenters. The number of rotatable bonds is 4. The molecule has 3 nitrogen and oxygen atoms in total. The number of likely N-dealkylation sites (tertiary alicyclic amines) is 1. The van der Waals surface area contributed by atoms with Gasteiger partial charge in [0.25, 0.3) is 0 Å². The third-order valence-electron chi connectivity index (χ3n) is 5.11. The van der Waals surface area contributed by atoms with Gasteiger partial charge in [-0.2, -0.15) is 0 Å². The minimum Gasteiger partial charge on any atom is -0.381 e. The Morgan fingerprint density at radius 2 is 1.95 bits per heavy atom. The quantitative estimate of drug-likeness (QED) is 0.847. The Labute approximate surface area is 119 Å². The molecule has 0 amide bonds. The molecule has 1 unspecified atom stereocenters. The lowest BCUT2D eigenvalue weighted by molar-refractivity contribution is 0.0648. The highest BCUT2D eigenvalue weighted by Gasteiger charge is 2.37. The number of hydrogen-bond acceptors (Lipinski definition) is 3. The van der Waals surface area contributed by atoms with Crippen molar-refractivity contribution in [3.05, 3.63) is 0 Å². The minimum atomic E-state index is 0.364. The van der Waals surface area contributed by atoms with Crippen LogP contribution in [0.4, 0.5) is 0 Å². The monoisotopic (exact) mass is 268 g/mol. The van der Waals surface area contributed by atoms with Crippen LogP contribution in [0.3, 0.4) is 0 Å². The van der Waals surface area contributed by atoms with Gasteiger partial charge in [0.05, 0.1) is 6.61 Å². The zero-order valence-corrected chi connectivity index (χ0v) is 13.3. The van der Waals surface area contributed by atoms with E-state index in [1.165, 1.54) is 38.9 Å². The molecule has 2 heterocycles. The number of nitrogens with one attached hydrogen (secondary N) is 1. The van der Waals surface area contributed by atoms with Crippen LogP contribution in [-0.2, 0) is 4.74 Å². The molecule has 0 spiro atoms. The largest absolute Gasteiger partial charge is 0.381 e. The zero-order chi connectivity index (χ0) is 13.9. The molecule has 0 bridgehead atoms. The Kier molecular flexibility index (Phi) is 4.91. The summed E-state index contributed by atoms with van der Waals surface area (Å²) in [6.45, 7) is 13.9. The SMILES string of the molecule is CNCC1(CN2CCC(C(C)(C)C)CC2)CCOC1. The van der Waals surface area contributed by atoms with Crippen molar-refractivity contribution in [2.45, 2.75) is 40.0 Å². The summed E-state index contributed by atoms with van der Waals surface area (Å²) >= 11 is 0. The maximum absolute atomic E-state index is 5.66. The van der Waals surface area contributed by atoms with Crippen LogP contribution in [0, 0.1) is 16.7 Å². The second kappa shape index (κ2) is 6.11. The van der Waals surface area contributed by atoms with Gasteiger partial charge in [0, 0.05) is 25.1 Å². The van der Waals surface area contributed by atoms with Gasteiger partial charge < -0.3 is 15.0 Å². The van der Waals surface area contributed by atoms with E-state index in [1.807, 2.05) is 0 Å². The fourth-order valence-electron chi connectivity index (χ4n) is 3.78. The third-order valence-corrected chi connectivity index (χ3v) is 5.11. The number of ether oxygens (including phenoxy) is 1. The molecule has 0 aromatic heterocycles. The van der Waals surface area contributed by atoms with E-state index in [0.717, 1.165) is 25.7 Å². The second-order valence-corrected chi connectivity index (χ2v) is 7.75. The molecular formula is C16H32N2O. The van der Waals surface area contributed by atoms with Gasteiger partial charge in [-0.25, -0.2) is 0 Å². The molecule has 0 aromatic rings. The van der Waals surface area contributed by atoms with Gasteiger partial charge in [-0.3, -0.25) is 0 Å². The molecule has 0 aliphatic carbocycles. The summed E-state index contributed by atoms with van der Waals surface area (Å²) in [5.41, 5.74) is 0.842.